The number of carbonyl (C=O) groups is 1. The number of amides is 1. The lowest BCUT2D eigenvalue weighted by molar-refractivity contribution is -0.125. The minimum absolute atomic E-state index is 0. The largest absolute Gasteiger partial charge is 0.369 e. The molecule has 0 fully saturated rings. The van der Waals surface area contributed by atoms with Gasteiger partial charge in [0, 0.05) is 5.41 Å². The van der Waals surface area contributed by atoms with Gasteiger partial charge in [0.05, 0.1) is 8.80 Å². The maximum Gasteiger partial charge on any atom is 0.222 e. The van der Waals surface area contributed by atoms with E-state index in [-0.39, 0.29) is 36.1 Å². The first kappa shape index (κ1) is 23.7. The van der Waals surface area contributed by atoms with Crippen molar-refractivity contribution in [2.75, 3.05) is 0 Å². The maximum atomic E-state index is 10.2. The molecule has 1 aliphatic carbocycles. The van der Waals surface area contributed by atoms with Crippen LogP contribution in [0.3, 0.4) is 0 Å². The molecule has 0 unspecified atom stereocenters. The van der Waals surface area contributed by atoms with Gasteiger partial charge in [-0.3, -0.25) is 4.79 Å². The van der Waals surface area contributed by atoms with E-state index in [1.165, 1.54) is 16.7 Å². The molecule has 0 aromatic heterocycles. The van der Waals surface area contributed by atoms with Gasteiger partial charge in [0.15, 0.2) is 0 Å². The highest BCUT2D eigenvalue weighted by Gasteiger charge is 2.21. The lowest BCUT2D eigenvalue weighted by Gasteiger charge is -2.10. The van der Waals surface area contributed by atoms with Gasteiger partial charge in [0.25, 0.3) is 0 Å². The summed E-state index contributed by atoms with van der Waals surface area (Å²) in [5.74, 6) is -0.257. The molecular weight excluding hydrogens is 369 g/mol. The number of halogens is 2. The van der Waals surface area contributed by atoms with Gasteiger partial charge in [-0.15, -0.1) is 24.8 Å². The van der Waals surface area contributed by atoms with E-state index >= 15 is 0 Å². The Kier molecular flexibility index (Phi) is 8.93. The predicted molar refractivity (Wildman–Crippen MR) is 116 cm³/mol. The summed E-state index contributed by atoms with van der Waals surface area (Å²) in [7, 11) is -0.705. The lowest BCUT2D eigenvalue weighted by Crippen LogP contribution is -2.27. The Hall–Kier alpha value is -1.29. The highest BCUT2D eigenvalue weighted by Crippen LogP contribution is 2.35. The molecule has 1 aliphatic rings. The first-order valence-electron chi connectivity index (χ1n) is 8.21. The van der Waals surface area contributed by atoms with Gasteiger partial charge >= 0.3 is 0 Å². The first-order chi connectivity index (χ1) is 10.7. The molecule has 0 atom stereocenters. The Balaban J connectivity index is 0.000000560. The molecule has 0 saturated heterocycles. The van der Waals surface area contributed by atoms with Gasteiger partial charge < -0.3 is 5.73 Å². The standard InChI is InChI=1S/C15H16Si.C5H11NO.2ClH/c1-16(2)15-9-5-8-13-12-7-4-3-6-11(12)10-14(13)15;1-5(2,3)4(6)7;;/h3-9,16H,10H2,1-2H3;1-3H3,(H2,6,7);2*1H. The van der Waals surface area contributed by atoms with E-state index in [1.54, 1.807) is 31.5 Å². The summed E-state index contributed by atoms with van der Waals surface area (Å²) in [5, 5.41) is 1.65. The van der Waals surface area contributed by atoms with E-state index in [2.05, 4.69) is 55.6 Å². The second-order valence-electron chi connectivity index (χ2n) is 7.48. The molecule has 0 aliphatic heterocycles. The molecule has 0 bridgehead atoms. The molecule has 2 N–H and O–H groups in total. The van der Waals surface area contributed by atoms with Crippen molar-refractivity contribution in [2.24, 2.45) is 11.1 Å². The van der Waals surface area contributed by atoms with Crippen LogP contribution in [0.15, 0.2) is 42.5 Å². The van der Waals surface area contributed by atoms with E-state index in [0.29, 0.717) is 0 Å². The van der Waals surface area contributed by atoms with Crippen LogP contribution < -0.4 is 10.9 Å². The molecule has 1 amide bonds. The fourth-order valence-corrected chi connectivity index (χ4v) is 4.17. The van der Waals surface area contributed by atoms with Crippen molar-refractivity contribution in [2.45, 2.75) is 40.3 Å². The Bertz CT molecular complexity index is 724. The molecule has 2 aromatic carbocycles. The normalized spacial score (nSPS) is 11.3. The van der Waals surface area contributed by atoms with Crippen LogP contribution in [0, 0.1) is 5.41 Å². The Morgan fingerprint density at radius 2 is 1.48 bits per heavy atom. The highest BCUT2D eigenvalue weighted by molar-refractivity contribution is 6.71. The number of primary amides is 1. The molecule has 3 rings (SSSR count). The second kappa shape index (κ2) is 9.42. The SMILES string of the molecule is CC(C)(C)C(N)=O.C[SiH](C)c1cccc2c1Cc1ccccc1-2.Cl.Cl. The van der Waals surface area contributed by atoms with Gasteiger partial charge in [-0.2, -0.15) is 0 Å². The van der Waals surface area contributed by atoms with Gasteiger partial charge in [-0.1, -0.05) is 81.5 Å². The first-order valence-corrected chi connectivity index (χ1v) is 11.1. The molecule has 2 nitrogen and oxygen atoms in total. The molecule has 0 radical (unpaired) electrons. The van der Waals surface area contributed by atoms with Crippen LogP contribution >= 0.6 is 24.8 Å². The van der Waals surface area contributed by atoms with E-state index in [4.69, 9.17) is 5.73 Å². The third kappa shape index (κ3) is 5.60. The minimum atomic E-state index is -0.705. The minimum Gasteiger partial charge on any atom is -0.369 e. The van der Waals surface area contributed by atoms with Gasteiger partial charge in [-0.05, 0) is 28.7 Å². The van der Waals surface area contributed by atoms with E-state index in [0.717, 1.165) is 6.42 Å². The van der Waals surface area contributed by atoms with Crippen LogP contribution in [0.2, 0.25) is 13.1 Å². The number of carbonyl (C=O) groups excluding carboxylic acids is 1. The van der Waals surface area contributed by atoms with Gasteiger partial charge in [0.2, 0.25) is 5.91 Å². The lowest BCUT2D eigenvalue weighted by atomic mass is 9.96. The molecule has 0 heterocycles. The average Bonchev–Trinajstić information content (AvgIpc) is 2.85. The number of benzene rings is 2. The summed E-state index contributed by atoms with van der Waals surface area (Å²) in [6, 6.07) is 15.7. The third-order valence-electron chi connectivity index (χ3n) is 4.25. The van der Waals surface area contributed by atoms with Crippen LogP contribution in [0.1, 0.15) is 31.9 Å². The summed E-state index contributed by atoms with van der Waals surface area (Å²) in [6.07, 6.45) is 1.15. The summed E-state index contributed by atoms with van der Waals surface area (Å²) >= 11 is 0. The molecule has 0 spiro atoms. The fourth-order valence-electron chi connectivity index (χ4n) is 2.72. The smallest absolute Gasteiger partial charge is 0.222 e. The van der Waals surface area contributed by atoms with Crippen molar-refractivity contribution in [3.63, 3.8) is 0 Å². The third-order valence-corrected chi connectivity index (χ3v) is 6.03. The number of fused-ring (bicyclic) bond motifs is 3. The molecule has 2 aromatic rings. The number of hydrogen-bond acceptors (Lipinski definition) is 1. The van der Waals surface area contributed by atoms with Gasteiger partial charge in [-0.25, -0.2) is 0 Å². The summed E-state index contributed by atoms with van der Waals surface area (Å²) in [4.78, 5) is 10.2. The average molecular weight is 398 g/mol. The summed E-state index contributed by atoms with van der Waals surface area (Å²) in [6.45, 7) is 10.2. The van der Waals surface area contributed by atoms with Crippen molar-refractivity contribution in [3.05, 3.63) is 53.6 Å². The van der Waals surface area contributed by atoms with Crippen LogP contribution in [0.25, 0.3) is 11.1 Å². The van der Waals surface area contributed by atoms with Gasteiger partial charge in [0.1, 0.15) is 0 Å². The van der Waals surface area contributed by atoms with Crippen molar-refractivity contribution < 1.29 is 4.79 Å². The number of hydrogen-bond donors (Lipinski definition) is 1. The van der Waals surface area contributed by atoms with Crippen molar-refractivity contribution in [1.82, 2.24) is 0 Å². The molecule has 25 heavy (non-hydrogen) atoms. The maximum absolute atomic E-state index is 10.2. The van der Waals surface area contributed by atoms with Crippen LogP contribution in [0.4, 0.5) is 0 Å². The zero-order chi connectivity index (χ0) is 17.2. The second-order valence-corrected chi connectivity index (χ2v) is 10.4. The molecule has 5 heteroatoms. The zero-order valence-electron chi connectivity index (χ0n) is 15.6. The van der Waals surface area contributed by atoms with Crippen LogP contribution in [-0.2, 0) is 11.2 Å². The highest BCUT2D eigenvalue weighted by atomic mass is 35.5. The van der Waals surface area contributed by atoms with E-state index in [1.807, 2.05) is 0 Å². The molecule has 138 valence electrons. The topological polar surface area (TPSA) is 43.1 Å². The number of nitrogens with two attached hydrogens (primary N) is 1. The Morgan fingerprint density at radius 3 is 2.00 bits per heavy atom. The number of rotatable bonds is 1. The molecule has 0 saturated carbocycles. The predicted octanol–water partition coefficient (Wildman–Crippen LogP) is 4.31. The Morgan fingerprint density at radius 1 is 0.960 bits per heavy atom. The van der Waals surface area contributed by atoms with Crippen LogP contribution in [-0.4, -0.2) is 14.7 Å². The van der Waals surface area contributed by atoms with E-state index in [9.17, 15) is 4.79 Å². The molecular formula is C20H29Cl2NOSi. The van der Waals surface area contributed by atoms with Crippen molar-refractivity contribution in [1.29, 1.82) is 0 Å². The van der Waals surface area contributed by atoms with Crippen LogP contribution in [0.5, 0.6) is 0 Å². The monoisotopic (exact) mass is 397 g/mol. The Labute approximate surface area is 165 Å². The van der Waals surface area contributed by atoms with Crippen molar-refractivity contribution >= 4 is 44.7 Å². The summed E-state index contributed by atoms with van der Waals surface area (Å²) in [5.41, 5.74) is 10.6. The fraction of sp³-hybridized carbons (Fsp3) is 0.350. The van der Waals surface area contributed by atoms with E-state index < -0.39 is 8.80 Å². The quantitative estimate of drug-likeness (QED) is 0.610. The summed E-state index contributed by atoms with van der Waals surface area (Å²) < 4.78 is 0. The van der Waals surface area contributed by atoms with Crippen molar-refractivity contribution in [3.8, 4) is 11.1 Å². The zero-order valence-corrected chi connectivity index (χ0v) is 18.4.